The second-order valence-corrected chi connectivity index (χ2v) is 8.24. The number of aliphatic carboxylic acids is 1. The number of hydrogen-bond acceptors (Lipinski definition) is 5. The van der Waals surface area contributed by atoms with Crippen LogP contribution in [-0.2, 0) is 19.1 Å². The van der Waals surface area contributed by atoms with Crippen LogP contribution in [0.3, 0.4) is 0 Å². The van der Waals surface area contributed by atoms with E-state index in [1.165, 1.54) is 11.1 Å². The maximum Gasteiger partial charge on any atom is 0.407 e. The van der Waals surface area contributed by atoms with E-state index in [-0.39, 0.29) is 44.6 Å². The highest BCUT2D eigenvalue weighted by atomic mass is 16.5. The van der Waals surface area contributed by atoms with Gasteiger partial charge in [0.05, 0.1) is 19.6 Å². The van der Waals surface area contributed by atoms with Gasteiger partial charge in [-0.15, -0.1) is 0 Å². The lowest BCUT2D eigenvalue weighted by Gasteiger charge is -2.25. The molecule has 34 heavy (non-hydrogen) atoms. The van der Waals surface area contributed by atoms with Crippen LogP contribution in [0.25, 0.3) is 11.1 Å². The molecule has 0 aromatic heterocycles. The number of rotatable bonds is 9. The topological polar surface area (TPSA) is 105 Å². The minimum atomic E-state index is -0.931. The molecule has 0 fully saturated rings. The van der Waals surface area contributed by atoms with Crippen molar-refractivity contribution in [2.75, 3.05) is 39.5 Å². The quantitative estimate of drug-likeness (QED) is 0.553. The average molecular weight is 465 g/mol. The first-order chi connectivity index (χ1) is 16.5. The summed E-state index contributed by atoms with van der Waals surface area (Å²) >= 11 is 0. The standard InChI is InChI=1S/C26H28N2O6/c29-24(28-13-9-18(10-14-28)25(30)31)11-15-33-16-12-27-26(32)34-17-23-21-7-3-1-5-19(21)20-6-2-4-8-22(20)23/h1-9,23H,10-17H2,(H,27,32)(H,30,31). The van der Waals surface area contributed by atoms with Crippen LogP contribution in [-0.4, -0.2) is 67.4 Å². The number of carboxylic acid groups (broad SMARTS) is 1. The van der Waals surface area contributed by atoms with Gasteiger partial charge in [-0.2, -0.15) is 0 Å². The van der Waals surface area contributed by atoms with Gasteiger partial charge >= 0.3 is 12.1 Å². The Kier molecular flexibility index (Phi) is 7.59. The predicted molar refractivity (Wildman–Crippen MR) is 125 cm³/mol. The fraction of sp³-hybridized carbons (Fsp3) is 0.346. The Morgan fingerprint density at radius 2 is 1.68 bits per heavy atom. The zero-order valence-electron chi connectivity index (χ0n) is 18.9. The Morgan fingerprint density at radius 1 is 1.00 bits per heavy atom. The van der Waals surface area contributed by atoms with Gasteiger partial charge in [0.1, 0.15) is 6.61 Å². The molecule has 0 saturated heterocycles. The van der Waals surface area contributed by atoms with Gasteiger partial charge in [-0.3, -0.25) is 4.79 Å². The third kappa shape index (κ3) is 5.46. The highest BCUT2D eigenvalue weighted by Gasteiger charge is 2.29. The first-order valence-corrected chi connectivity index (χ1v) is 11.4. The molecule has 0 radical (unpaired) electrons. The smallest absolute Gasteiger partial charge is 0.407 e. The van der Waals surface area contributed by atoms with E-state index in [4.69, 9.17) is 14.6 Å². The monoisotopic (exact) mass is 464 g/mol. The molecular weight excluding hydrogens is 436 g/mol. The number of nitrogens with one attached hydrogen (secondary N) is 1. The van der Waals surface area contributed by atoms with E-state index in [1.807, 2.05) is 24.3 Å². The van der Waals surface area contributed by atoms with Gasteiger partial charge in [0.15, 0.2) is 0 Å². The van der Waals surface area contributed by atoms with E-state index < -0.39 is 12.1 Å². The number of hydrogen-bond donors (Lipinski definition) is 2. The molecule has 4 rings (SSSR count). The molecule has 2 aromatic rings. The summed E-state index contributed by atoms with van der Waals surface area (Å²) < 4.78 is 10.9. The number of carbonyl (C=O) groups is 3. The predicted octanol–water partition coefficient (Wildman–Crippen LogP) is 3.18. The molecule has 1 heterocycles. The van der Waals surface area contributed by atoms with E-state index >= 15 is 0 Å². The molecule has 0 atom stereocenters. The van der Waals surface area contributed by atoms with E-state index in [9.17, 15) is 14.4 Å². The molecular formula is C26H28N2O6. The summed E-state index contributed by atoms with van der Waals surface area (Å²) in [5.41, 5.74) is 5.02. The van der Waals surface area contributed by atoms with Crippen LogP contribution in [0.4, 0.5) is 4.79 Å². The summed E-state index contributed by atoms with van der Waals surface area (Å²) in [5.74, 6) is -0.999. The van der Waals surface area contributed by atoms with E-state index in [0.29, 0.717) is 25.1 Å². The molecule has 8 nitrogen and oxygen atoms in total. The van der Waals surface area contributed by atoms with E-state index in [2.05, 4.69) is 29.6 Å². The second-order valence-electron chi connectivity index (χ2n) is 8.24. The second kappa shape index (κ2) is 11.0. The first-order valence-electron chi connectivity index (χ1n) is 11.4. The molecule has 178 valence electrons. The van der Waals surface area contributed by atoms with Gasteiger partial charge in [-0.25, -0.2) is 9.59 Å². The lowest BCUT2D eigenvalue weighted by atomic mass is 9.98. The van der Waals surface area contributed by atoms with Crippen molar-refractivity contribution >= 4 is 18.0 Å². The molecule has 2 amide bonds. The number of carboxylic acids is 1. The zero-order valence-corrected chi connectivity index (χ0v) is 18.9. The third-order valence-corrected chi connectivity index (χ3v) is 6.16. The fourth-order valence-corrected chi connectivity index (χ4v) is 4.38. The summed E-state index contributed by atoms with van der Waals surface area (Å²) in [6.45, 7) is 1.74. The van der Waals surface area contributed by atoms with Crippen LogP contribution in [0, 0.1) is 0 Å². The number of alkyl carbamates (subject to hydrolysis) is 1. The van der Waals surface area contributed by atoms with Crippen molar-refractivity contribution in [1.29, 1.82) is 0 Å². The normalized spacial score (nSPS) is 14.7. The number of carbonyl (C=O) groups excluding carboxylic acids is 2. The van der Waals surface area contributed by atoms with E-state index in [0.717, 1.165) is 11.1 Å². The fourth-order valence-electron chi connectivity index (χ4n) is 4.38. The Balaban J connectivity index is 1.13. The van der Waals surface area contributed by atoms with Crippen LogP contribution < -0.4 is 5.32 Å². The van der Waals surface area contributed by atoms with Crippen LogP contribution in [0.2, 0.25) is 0 Å². The van der Waals surface area contributed by atoms with Crippen molar-refractivity contribution in [2.24, 2.45) is 0 Å². The molecule has 2 N–H and O–H groups in total. The average Bonchev–Trinajstić information content (AvgIpc) is 3.18. The molecule has 0 unspecified atom stereocenters. The number of amides is 2. The molecule has 2 aromatic carbocycles. The van der Waals surface area contributed by atoms with Gasteiger partial charge in [-0.1, -0.05) is 54.6 Å². The Morgan fingerprint density at radius 3 is 2.29 bits per heavy atom. The highest BCUT2D eigenvalue weighted by molar-refractivity contribution is 5.87. The molecule has 0 bridgehead atoms. The largest absolute Gasteiger partial charge is 0.478 e. The number of benzene rings is 2. The molecule has 2 aliphatic rings. The lowest BCUT2D eigenvalue weighted by Crippen LogP contribution is -2.36. The van der Waals surface area contributed by atoms with Crippen molar-refractivity contribution in [2.45, 2.75) is 18.8 Å². The van der Waals surface area contributed by atoms with Gasteiger partial charge in [0.25, 0.3) is 0 Å². The molecule has 0 spiro atoms. The summed E-state index contributed by atoms with van der Waals surface area (Å²) in [6.07, 6.45) is 1.63. The summed E-state index contributed by atoms with van der Waals surface area (Å²) in [5, 5.41) is 11.6. The van der Waals surface area contributed by atoms with Crippen molar-refractivity contribution in [3.8, 4) is 11.1 Å². The van der Waals surface area contributed by atoms with Crippen LogP contribution in [0.5, 0.6) is 0 Å². The Hall–Kier alpha value is -3.65. The number of fused-ring (bicyclic) bond motifs is 3. The number of ether oxygens (including phenoxy) is 2. The van der Waals surface area contributed by atoms with Gasteiger partial charge in [0, 0.05) is 31.1 Å². The first kappa shape index (κ1) is 23.5. The molecule has 8 heteroatoms. The third-order valence-electron chi connectivity index (χ3n) is 6.16. The van der Waals surface area contributed by atoms with Gasteiger partial charge in [0.2, 0.25) is 5.91 Å². The van der Waals surface area contributed by atoms with Crippen LogP contribution in [0.1, 0.15) is 29.9 Å². The summed E-state index contributed by atoms with van der Waals surface area (Å²) in [7, 11) is 0. The van der Waals surface area contributed by atoms with Crippen LogP contribution >= 0.6 is 0 Å². The van der Waals surface area contributed by atoms with Gasteiger partial charge in [-0.05, 0) is 28.7 Å². The maximum atomic E-state index is 12.2. The lowest BCUT2D eigenvalue weighted by molar-refractivity contribution is -0.135. The molecule has 1 aliphatic heterocycles. The van der Waals surface area contributed by atoms with Gasteiger partial charge < -0.3 is 24.8 Å². The zero-order chi connectivity index (χ0) is 23.9. The SMILES string of the molecule is O=C(NCCOCCC(=O)N1CC=C(C(=O)O)CC1)OCC1c2ccccc2-c2ccccc21. The summed E-state index contributed by atoms with van der Waals surface area (Å²) in [6, 6.07) is 16.3. The van der Waals surface area contributed by atoms with Crippen molar-refractivity contribution < 1.29 is 29.0 Å². The number of nitrogens with zero attached hydrogens (tertiary/aromatic N) is 1. The summed E-state index contributed by atoms with van der Waals surface area (Å²) in [4.78, 5) is 36.9. The maximum absolute atomic E-state index is 12.2. The minimum absolute atomic E-state index is 0.0108. The minimum Gasteiger partial charge on any atom is -0.478 e. The van der Waals surface area contributed by atoms with E-state index in [1.54, 1.807) is 11.0 Å². The highest BCUT2D eigenvalue weighted by Crippen LogP contribution is 2.44. The molecule has 1 aliphatic carbocycles. The van der Waals surface area contributed by atoms with Crippen molar-refractivity contribution in [1.82, 2.24) is 10.2 Å². The molecule has 0 saturated carbocycles. The van der Waals surface area contributed by atoms with Crippen LogP contribution in [0.15, 0.2) is 60.2 Å². The Labute approximate surface area is 198 Å². The van der Waals surface area contributed by atoms with Crippen molar-refractivity contribution in [3.05, 3.63) is 71.3 Å². The van der Waals surface area contributed by atoms with Crippen molar-refractivity contribution in [3.63, 3.8) is 0 Å². The Bertz CT molecular complexity index is 1050.